The van der Waals surface area contributed by atoms with Gasteiger partial charge in [0.05, 0.1) is 45.8 Å². The Kier molecular flexibility index (Phi) is 8.50. The number of carbonyl (C=O) groups is 4. The van der Waals surface area contributed by atoms with Crippen LogP contribution in [0.3, 0.4) is 0 Å². The lowest BCUT2D eigenvalue weighted by atomic mass is 10.0. The summed E-state index contributed by atoms with van der Waals surface area (Å²) in [6.07, 6.45) is -0.926. The van der Waals surface area contributed by atoms with Gasteiger partial charge in [0.2, 0.25) is 0 Å². The smallest absolute Gasteiger partial charge is 0.422 e. The molecule has 0 fully saturated rings. The van der Waals surface area contributed by atoms with Crippen molar-refractivity contribution in [1.82, 2.24) is 9.80 Å². The van der Waals surface area contributed by atoms with Gasteiger partial charge in [-0.1, -0.05) is 24.3 Å². The molecule has 0 N–H and O–H groups in total. The van der Waals surface area contributed by atoms with Gasteiger partial charge in [-0.05, 0) is 65.8 Å². The SMILES string of the molecule is CC(C)(C)OC=O.CN1C(=O)C2=C(c3cccc(C#N)c3)N(C(=O)OC(C)(C)C)C(=O)C2=C1c1cccc(C#N)c1. The zero-order valence-electron chi connectivity index (χ0n) is 23.9. The van der Waals surface area contributed by atoms with Crippen LogP contribution in [0.25, 0.3) is 11.4 Å². The minimum Gasteiger partial charge on any atom is -0.462 e. The van der Waals surface area contributed by atoms with Crippen molar-refractivity contribution in [2.45, 2.75) is 52.7 Å². The minimum absolute atomic E-state index is 0.0470. The standard InChI is InChI=1S/C26H20N4O4.C5H10O2/c1-26(2,3)34-25(33)30-22(18-10-6-8-16(12-18)14-28)20-19(24(30)32)21(29(4)23(20)31)17-9-5-7-15(11-17)13-27;1-5(2,3)7-4-6/h5-12H,1-4H3;4H,1-3H3. The fourth-order valence-electron chi connectivity index (χ4n) is 4.12. The molecule has 0 radical (unpaired) electrons. The summed E-state index contributed by atoms with van der Waals surface area (Å²) < 4.78 is 10.0. The Hall–Kier alpha value is -5.22. The Bertz CT molecular complexity index is 1570. The summed E-state index contributed by atoms with van der Waals surface area (Å²) in [4.78, 5) is 52.1. The number of rotatable bonds is 3. The van der Waals surface area contributed by atoms with Crippen LogP contribution in [0.2, 0.25) is 0 Å². The lowest BCUT2D eigenvalue weighted by molar-refractivity contribution is -0.138. The maximum absolute atomic E-state index is 13.7. The van der Waals surface area contributed by atoms with Gasteiger partial charge in [-0.3, -0.25) is 14.4 Å². The molecular weight excluding hydrogens is 524 g/mol. The first-order valence-corrected chi connectivity index (χ1v) is 12.6. The third kappa shape index (κ3) is 6.51. The molecule has 210 valence electrons. The maximum Gasteiger partial charge on any atom is 0.422 e. The molecule has 0 unspecified atom stereocenters. The fraction of sp³-hybridized carbons (Fsp3) is 0.290. The van der Waals surface area contributed by atoms with Crippen LogP contribution in [0, 0.1) is 22.7 Å². The molecule has 0 atom stereocenters. The molecule has 0 saturated heterocycles. The van der Waals surface area contributed by atoms with Gasteiger partial charge in [-0.2, -0.15) is 10.5 Å². The number of benzene rings is 2. The zero-order chi connectivity index (χ0) is 30.7. The van der Waals surface area contributed by atoms with Gasteiger partial charge >= 0.3 is 6.09 Å². The molecule has 2 aliphatic rings. The summed E-state index contributed by atoms with van der Waals surface area (Å²) in [5, 5.41) is 18.7. The summed E-state index contributed by atoms with van der Waals surface area (Å²) >= 11 is 0. The topological polar surface area (TPSA) is 141 Å². The summed E-state index contributed by atoms with van der Waals surface area (Å²) in [5.74, 6) is -1.19. The van der Waals surface area contributed by atoms with Crippen LogP contribution in [0.1, 0.15) is 63.8 Å². The average Bonchev–Trinajstić information content (AvgIpc) is 3.33. The second-order valence-electron chi connectivity index (χ2n) is 11.1. The van der Waals surface area contributed by atoms with Gasteiger partial charge in [-0.25, -0.2) is 9.69 Å². The number of nitriles is 2. The van der Waals surface area contributed by atoms with E-state index in [9.17, 15) is 29.7 Å². The summed E-state index contributed by atoms with van der Waals surface area (Å²) in [7, 11) is 1.53. The van der Waals surface area contributed by atoms with E-state index in [-0.39, 0.29) is 22.4 Å². The molecule has 2 aromatic carbocycles. The van der Waals surface area contributed by atoms with Crippen LogP contribution >= 0.6 is 0 Å². The van der Waals surface area contributed by atoms with E-state index in [0.717, 1.165) is 4.90 Å². The van der Waals surface area contributed by atoms with Crippen LogP contribution in [0.15, 0.2) is 59.7 Å². The third-order valence-corrected chi connectivity index (χ3v) is 5.73. The van der Waals surface area contributed by atoms with Crippen molar-refractivity contribution in [1.29, 1.82) is 10.5 Å². The molecule has 3 amide bonds. The highest BCUT2D eigenvalue weighted by Gasteiger charge is 2.51. The molecule has 0 aliphatic carbocycles. The van der Waals surface area contributed by atoms with E-state index in [0.29, 0.717) is 34.4 Å². The second kappa shape index (κ2) is 11.5. The van der Waals surface area contributed by atoms with E-state index in [1.165, 1.54) is 18.0 Å². The van der Waals surface area contributed by atoms with E-state index in [2.05, 4.69) is 4.74 Å². The molecule has 0 spiro atoms. The molecule has 4 rings (SSSR count). The molecule has 10 nitrogen and oxygen atoms in total. The number of hydrogen-bond donors (Lipinski definition) is 0. The van der Waals surface area contributed by atoms with Gasteiger partial charge < -0.3 is 14.4 Å². The van der Waals surface area contributed by atoms with E-state index in [4.69, 9.17) is 4.74 Å². The zero-order valence-corrected chi connectivity index (χ0v) is 23.9. The molecule has 2 aliphatic heterocycles. The lowest BCUT2D eigenvalue weighted by Crippen LogP contribution is -2.38. The Morgan fingerprint density at radius 3 is 1.71 bits per heavy atom. The number of likely N-dealkylation sites (N-methyl/N-ethyl adjacent to an activating group) is 1. The molecule has 41 heavy (non-hydrogen) atoms. The predicted octanol–water partition coefficient (Wildman–Crippen LogP) is 4.76. The number of imide groups is 1. The molecule has 0 aromatic heterocycles. The molecule has 0 bridgehead atoms. The highest BCUT2D eigenvalue weighted by atomic mass is 16.6. The molecule has 2 aromatic rings. The number of ether oxygens (including phenoxy) is 2. The van der Waals surface area contributed by atoms with Crippen molar-refractivity contribution < 1.29 is 28.7 Å². The summed E-state index contributed by atoms with van der Waals surface area (Å²) in [6, 6.07) is 17.0. The van der Waals surface area contributed by atoms with Crippen molar-refractivity contribution in [2.24, 2.45) is 0 Å². The van der Waals surface area contributed by atoms with Gasteiger partial charge in [0.25, 0.3) is 18.3 Å². The van der Waals surface area contributed by atoms with Crippen LogP contribution in [0.5, 0.6) is 0 Å². The van der Waals surface area contributed by atoms with Crippen LogP contribution in [0.4, 0.5) is 4.79 Å². The first kappa shape index (κ1) is 30.3. The number of carbonyl (C=O) groups excluding carboxylic acids is 4. The highest BCUT2D eigenvalue weighted by Crippen LogP contribution is 2.46. The van der Waals surface area contributed by atoms with Gasteiger partial charge in [-0.15, -0.1) is 0 Å². The van der Waals surface area contributed by atoms with Crippen LogP contribution < -0.4 is 0 Å². The average molecular weight is 555 g/mol. The summed E-state index contributed by atoms with van der Waals surface area (Å²) in [6.45, 7) is 10.9. The molecular formula is C31H30N4O6. The Balaban J connectivity index is 0.000000587. The Morgan fingerprint density at radius 1 is 0.805 bits per heavy atom. The maximum atomic E-state index is 13.7. The van der Waals surface area contributed by atoms with Crippen molar-refractivity contribution in [3.05, 3.63) is 81.9 Å². The first-order valence-electron chi connectivity index (χ1n) is 12.6. The van der Waals surface area contributed by atoms with Crippen molar-refractivity contribution in [2.75, 3.05) is 7.05 Å². The minimum atomic E-state index is -0.926. The highest BCUT2D eigenvalue weighted by molar-refractivity contribution is 6.33. The van der Waals surface area contributed by atoms with Crippen molar-refractivity contribution in [3.8, 4) is 12.1 Å². The number of hydrogen-bond acceptors (Lipinski definition) is 8. The Morgan fingerprint density at radius 2 is 1.29 bits per heavy atom. The molecule has 2 heterocycles. The van der Waals surface area contributed by atoms with Gasteiger partial charge in [0, 0.05) is 18.2 Å². The first-order chi connectivity index (χ1) is 19.1. The van der Waals surface area contributed by atoms with E-state index in [1.807, 2.05) is 32.9 Å². The van der Waals surface area contributed by atoms with Gasteiger partial charge in [0.15, 0.2) is 0 Å². The quantitative estimate of drug-likeness (QED) is 0.495. The van der Waals surface area contributed by atoms with Crippen molar-refractivity contribution in [3.63, 3.8) is 0 Å². The predicted molar refractivity (Wildman–Crippen MR) is 149 cm³/mol. The monoisotopic (exact) mass is 554 g/mol. The van der Waals surface area contributed by atoms with Crippen molar-refractivity contribution >= 4 is 35.8 Å². The number of nitrogens with zero attached hydrogens (tertiary/aromatic N) is 4. The normalized spacial score (nSPS) is 14.7. The number of amides is 3. The van der Waals surface area contributed by atoms with Crippen LogP contribution in [-0.2, 0) is 23.9 Å². The number of fused-ring (bicyclic) bond motifs is 1. The second-order valence-corrected chi connectivity index (χ2v) is 11.1. The van der Waals surface area contributed by atoms with E-state index < -0.39 is 23.5 Å². The molecule has 0 saturated carbocycles. The lowest BCUT2D eigenvalue weighted by Gasteiger charge is -2.26. The molecule has 10 heteroatoms. The van der Waals surface area contributed by atoms with E-state index >= 15 is 0 Å². The largest absolute Gasteiger partial charge is 0.462 e. The summed E-state index contributed by atoms with van der Waals surface area (Å²) in [5.41, 5.74) is 0.760. The van der Waals surface area contributed by atoms with Gasteiger partial charge in [0.1, 0.15) is 11.2 Å². The van der Waals surface area contributed by atoms with Crippen LogP contribution in [-0.4, -0.2) is 52.4 Å². The fourth-order valence-corrected chi connectivity index (χ4v) is 4.12. The third-order valence-electron chi connectivity index (χ3n) is 5.73. The van der Waals surface area contributed by atoms with E-state index in [1.54, 1.807) is 63.2 Å². The Labute approximate surface area is 238 Å².